The molecule has 2 aromatic rings. The van der Waals surface area contributed by atoms with Crippen molar-refractivity contribution in [3.63, 3.8) is 0 Å². The quantitative estimate of drug-likeness (QED) is 0.455. The van der Waals surface area contributed by atoms with Gasteiger partial charge in [-0.25, -0.2) is 40.7 Å². The number of hydrogen-bond donors (Lipinski definition) is 1. The molecule has 0 bridgehead atoms. The van der Waals surface area contributed by atoms with E-state index in [4.69, 9.17) is 10.7 Å². The molecule has 24 heavy (non-hydrogen) atoms. The van der Waals surface area contributed by atoms with E-state index in [1.54, 1.807) is 0 Å². The summed E-state index contributed by atoms with van der Waals surface area (Å²) in [5.74, 6) is -4.54. The molecule has 2 N–H and O–H groups in total. The van der Waals surface area contributed by atoms with E-state index in [0.717, 1.165) is 0 Å². The first-order chi connectivity index (χ1) is 10.8. The van der Waals surface area contributed by atoms with Gasteiger partial charge in [-0.2, -0.15) is 8.78 Å². The highest BCUT2D eigenvalue weighted by Crippen LogP contribution is 2.15. The van der Waals surface area contributed by atoms with Crippen molar-refractivity contribution in [2.45, 2.75) is 10.1 Å². The number of pyridine rings is 2. The minimum atomic E-state index is -4.31. The van der Waals surface area contributed by atoms with Gasteiger partial charge in [-0.05, 0) is 24.3 Å². The highest BCUT2D eigenvalue weighted by molar-refractivity contribution is 8.13. The first-order valence-electron chi connectivity index (χ1n) is 5.44. The molecule has 0 atom stereocenters. The van der Waals surface area contributed by atoms with Crippen LogP contribution in [0.3, 0.4) is 0 Å². The van der Waals surface area contributed by atoms with Crippen LogP contribution in [0.25, 0.3) is 0 Å². The number of aromatic nitrogens is 2. The Labute approximate surface area is 137 Å². The molecule has 0 aliphatic heterocycles. The van der Waals surface area contributed by atoms with Crippen LogP contribution in [0.2, 0.25) is 0 Å². The fourth-order valence-electron chi connectivity index (χ4n) is 1.17. The summed E-state index contributed by atoms with van der Waals surface area (Å²) in [4.78, 5) is 5.57. The van der Waals surface area contributed by atoms with E-state index in [9.17, 15) is 34.4 Å². The van der Waals surface area contributed by atoms with Crippen molar-refractivity contribution in [1.82, 2.24) is 9.97 Å². The van der Waals surface area contributed by atoms with Gasteiger partial charge in [-0.15, -0.1) is 0 Å². The van der Waals surface area contributed by atoms with Gasteiger partial charge in [-0.1, -0.05) is 0 Å². The number of nitrogens with two attached hydrogens (primary N) is 1. The summed E-state index contributed by atoms with van der Waals surface area (Å²) in [7, 11) is -3.85. The summed E-state index contributed by atoms with van der Waals surface area (Å²) >= 11 is 0. The van der Waals surface area contributed by atoms with Crippen LogP contribution in [0.5, 0.6) is 0 Å². The van der Waals surface area contributed by atoms with E-state index in [2.05, 4.69) is 15.1 Å². The molecule has 0 saturated heterocycles. The third kappa shape index (κ3) is 5.67. The highest BCUT2D eigenvalue weighted by atomic mass is 35.7. The Morgan fingerprint density at radius 3 is 1.46 bits per heavy atom. The zero-order chi connectivity index (χ0) is 18.7. The molecule has 132 valence electrons. The van der Waals surface area contributed by atoms with Crippen molar-refractivity contribution in [2.75, 3.05) is 0 Å². The largest absolute Gasteiger partial charge is 0.281 e. The second-order valence-electron chi connectivity index (χ2n) is 3.82. The van der Waals surface area contributed by atoms with E-state index >= 15 is 0 Å². The molecule has 2 heterocycles. The van der Waals surface area contributed by atoms with Crippen molar-refractivity contribution >= 4 is 29.8 Å². The molecule has 0 radical (unpaired) electrons. The average Bonchev–Trinajstić information content (AvgIpc) is 2.42. The third-order valence-corrected chi connectivity index (χ3v) is 4.07. The van der Waals surface area contributed by atoms with Gasteiger partial charge >= 0.3 is 0 Å². The minimum absolute atomic E-state index is 0.637. The Kier molecular flexibility index (Phi) is 6.21. The predicted molar refractivity (Wildman–Crippen MR) is 72.7 cm³/mol. The fraction of sp³-hybridized carbons (Fsp3) is 0. The molecular weight excluding hydrogens is 402 g/mol. The Morgan fingerprint density at radius 2 is 1.17 bits per heavy atom. The zero-order valence-corrected chi connectivity index (χ0v) is 13.5. The van der Waals surface area contributed by atoms with E-state index in [-0.39, 0.29) is 0 Å². The standard InChI is InChI=1S/C5H2ClF2NO2S.C5H4F2N2O2S/c6-12(10,11)5-3(7)1-2-4(8)9-5;6-3-1-2-4(7)9-5(3)12(8,10)11/h1-2H;1-2H,(H2,8,10,11). The second-order valence-corrected chi connectivity index (χ2v) is 7.78. The molecule has 0 aliphatic rings. The Bertz CT molecular complexity index is 891. The molecule has 0 aliphatic carbocycles. The molecule has 2 aromatic heterocycles. The lowest BCUT2D eigenvalue weighted by atomic mass is 10.5. The molecule has 0 spiro atoms. The molecule has 0 aromatic carbocycles. The summed E-state index contributed by atoms with van der Waals surface area (Å²) in [6.07, 6.45) is 0. The lowest BCUT2D eigenvalue weighted by Gasteiger charge is -1.97. The highest BCUT2D eigenvalue weighted by Gasteiger charge is 2.18. The zero-order valence-electron chi connectivity index (χ0n) is 11.1. The van der Waals surface area contributed by atoms with Crippen molar-refractivity contribution in [3.8, 4) is 0 Å². The third-order valence-electron chi connectivity index (χ3n) is 2.06. The average molecular weight is 408 g/mol. The van der Waals surface area contributed by atoms with Crippen LogP contribution in [0.1, 0.15) is 0 Å². The lowest BCUT2D eigenvalue weighted by molar-refractivity contribution is 0.513. The second kappa shape index (κ2) is 7.38. The van der Waals surface area contributed by atoms with Gasteiger partial charge in [0, 0.05) is 10.7 Å². The molecule has 0 unspecified atom stereocenters. The molecule has 0 fully saturated rings. The van der Waals surface area contributed by atoms with E-state index in [0.29, 0.717) is 24.3 Å². The maximum absolute atomic E-state index is 12.6. The summed E-state index contributed by atoms with van der Waals surface area (Å²) in [6, 6.07) is 2.67. The lowest BCUT2D eigenvalue weighted by Crippen LogP contribution is -2.16. The Hall–Kier alpha value is -1.83. The number of nitrogens with zero attached hydrogens (tertiary/aromatic N) is 2. The number of hydrogen-bond acceptors (Lipinski definition) is 6. The van der Waals surface area contributed by atoms with Crippen LogP contribution < -0.4 is 5.14 Å². The minimum Gasteiger partial charge on any atom is -0.223 e. The van der Waals surface area contributed by atoms with Crippen LogP contribution in [-0.2, 0) is 19.1 Å². The maximum Gasteiger partial charge on any atom is 0.281 e. The Morgan fingerprint density at radius 1 is 0.792 bits per heavy atom. The Balaban J connectivity index is 0.000000240. The number of primary sulfonamides is 1. The number of halogens is 5. The SMILES string of the molecule is NS(=O)(=O)c1nc(F)ccc1F.O=S(=O)(Cl)c1nc(F)ccc1F. The molecular formula is C10H6ClF4N3O4S2. The van der Waals surface area contributed by atoms with Gasteiger partial charge in [0.15, 0.2) is 11.6 Å². The molecule has 2 rings (SSSR count). The van der Waals surface area contributed by atoms with Gasteiger partial charge < -0.3 is 0 Å². The topological polar surface area (TPSA) is 120 Å². The van der Waals surface area contributed by atoms with Gasteiger partial charge in [0.1, 0.15) is 0 Å². The van der Waals surface area contributed by atoms with Crippen LogP contribution >= 0.6 is 10.7 Å². The van der Waals surface area contributed by atoms with E-state index in [1.165, 1.54) is 0 Å². The van der Waals surface area contributed by atoms with Crippen LogP contribution in [-0.4, -0.2) is 26.8 Å². The smallest absolute Gasteiger partial charge is 0.223 e. The fourth-order valence-corrected chi connectivity index (χ4v) is 2.55. The summed E-state index contributed by atoms with van der Waals surface area (Å²) < 4.78 is 91.7. The number of rotatable bonds is 2. The monoisotopic (exact) mass is 407 g/mol. The van der Waals surface area contributed by atoms with Crippen molar-refractivity contribution in [2.24, 2.45) is 5.14 Å². The summed E-state index contributed by atoms with van der Waals surface area (Å²) in [6.45, 7) is 0. The number of sulfonamides is 1. The summed E-state index contributed by atoms with van der Waals surface area (Å²) in [5, 5.41) is 2.36. The first-order valence-corrected chi connectivity index (χ1v) is 9.29. The normalized spacial score (nSPS) is 11.6. The van der Waals surface area contributed by atoms with Gasteiger partial charge in [0.25, 0.3) is 19.1 Å². The first kappa shape index (κ1) is 20.2. The molecule has 0 amide bonds. The summed E-state index contributed by atoms with van der Waals surface area (Å²) in [5.41, 5.74) is 0. The van der Waals surface area contributed by atoms with E-state index in [1.807, 2.05) is 0 Å². The van der Waals surface area contributed by atoms with Crippen molar-refractivity contribution < 1.29 is 34.4 Å². The predicted octanol–water partition coefficient (Wildman–Crippen LogP) is 1.29. The van der Waals surface area contributed by atoms with E-state index < -0.39 is 52.7 Å². The maximum atomic E-state index is 12.6. The van der Waals surface area contributed by atoms with Crippen LogP contribution in [0.15, 0.2) is 34.3 Å². The van der Waals surface area contributed by atoms with Crippen molar-refractivity contribution in [3.05, 3.63) is 47.8 Å². The van der Waals surface area contributed by atoms with Crippen molar-refractivity contribution in [1.29, 1.82) is 0 Å². The van der Waals surface area contributed by atoms with Gasteiger partial charge in [0.05, 0.1) is 0 Å². The molecule has 0 saturated carbocycles. The molecule has 14 heteroatoms. The van der Waals surface area contributed by atoms with Crippen LogP contribution in [0.4, 0.5) is 17.6 Å². The van der Waals surface area contributed by atoms with Gasteiger partial charge in [0.2, 0.25) is 21.9 Å². The van der Waals surface area contributed by atoms with Gasteiger partial charge in [-0.3, -0.25) is 0 Å². The van der Waals surface area contributed by atoms with Crippen LogP contribution in [0, 0.1) is 23.5 Å². The molecule has 7 nitrogen and oxygen atoms in total.